The van der Waals surface area contributed by atoms with E-state index >= 15 is 0 Å². The first-order valence-corrected chi connectivity index (χ1v) is 12.2. The number of esters is 1. The Morgan fingerprint density at radius 2 is 1.80 bits per heavy atom. The Balaban J connectivity index is 1.58. The Morgan fingerprint density at radius 1 is 1.00 bits per heavy atom. The molecule has 3 rings (SSSR count). The largest absolute Gasteiger partial charge is 0.493 e. The number of nitrogens with zero attached hydrogens (tertiary/aromatic N) is 1. The van der Waals surface area contributed by atoms with E-state index in [9.17, 15) is 4.79 Å². The lowest BCUT2D eigenvalue weighted by atomic mass is 10.1. The predicted octanol–water partition coefficient (Wildman–Crippen LogP) is 5.57. The number of rotatable bonds is 14. The Bertz CT molecular complexity index is 1060. The first kappa shape index (κ1) is 26.3. The number of aryl methyl sites for hydroxylation is 2. The molecule has 1 atom stereocenters. The molecule has 0 saturated heterocycles. The van der Waals surface area contributed by atoms with Crippen molar-refractivity contribution in [2.45, 2.75) is 53.1 Å². The SMILES string of the molecule is CCOC(=O)C(Cc1ccc(OCCCc2nc(-c3ccccc3)oc2C)cc1OCC)OCC. The quantitative estimate of drug-likeness (QED) is 0.220. The zero-order chi connectivity index (χ0) is 25.0. The second-order valence-corrected chi connectivity index (χ2v) is 7.94. The molecule has 0 N–H and O–H groups in total. The molecule has 0 bridgehead atoms. The molecule has 0 aliphatic rings. The molecule has 1 heterocycles. The molecule has 7 heteroatoms. The van der Waals surface area contributed by atoms with E-state index in [4.69, 9.17) is 23.4 Å². The molecular weight excluding hydrogens is 446 g/mol. The molecule has 0 aliphatic heterocycles. The van der Waals surface area contributed by atoms with Crippen LogP contribution >= 0.6 is 0 Å². The molecule has 0 saturated carbocycles. The fourth-order valence-corrected chi connectivity index (χ4v) is 3.72. The van der Waals surface area contributed by atoms with Crippen molar-refractivity contribution in [1.82, 2.24) is 4.98 Å². The maximum Gasteiger partial charge on any atom is 0.335 e. The van der Waals surface area contributed by atoms with E-state index in [0.717, 1.165) is 35.4 Å². The highest BCUT2D eigenvalue weighted by molar-refractivity contribution is 5.75. The fourth-order valence-electron chi connectivity index (χ4n) is 3.72. The minimum atomic E-state index is -0.669. The monoisotopic (exact) mass is 481 g/mol. The van der Waals surface area contributed by atoms with Crippen molar-refractivity contribution in [1.29, 1.82) is 0 Å². The van der Waals surface area contributed by atoms with E-state index in [0.29, 0.717) is 50.2 Å². The van der Waals surface area contributed by atoms with Crippen LogP contribution in [0.2, 0.25) is 0 Å². The highest BCUT2D eigenvalue weighted by atomic mass is 16.6. The molecule has 0 spiro atoms. The van der Waals surface area contributed by atoms with E-state index in [1.165, 1.54) is 0 Å². The van der Waals surface area contributed by atoms with Gasteiger partial charge in [-0.2, -0.15) is 0 Å². The number of hydrogen-bond donors (Lipinski definition) is 0. The molecule has 7 nitrogen and oxygen atoms in total. The predicted molar refractivity (Wildman–Crippen MR) is 134 cm³/mol. The first-order chi connectivity index (χ1) is 17.0. The van der Waals surface area contributed by atoms with Crippen LogP contribution < -0.4 is 9.47 Å². The molecule has 0 amide bonds. The molecular formula is C28H35NO6. The number of benzene rings is 2. The number of aromatic nitrogens is 1. The van der Waals surface area contributed by atoms with Gasteiger partial charge in [0.25, 0.3) is 0 Å². The third-order valence-electron chi connectivity index (χ3n) is 5.40. The van der Waals surface area contributed by atoms with Crippen LogP contribution in [0.5, 0.6) is 11.5 Å². The number of carbonyl (C=O) groups is 1. The topological polar surface area (TPSA) is 80.0 Å². The summed E-state index contributed by atoms with van der Waals surface area (Å²) in [6.45, 7) is 9.27. The van der Waals surface area contributed by atoms with Crippen molar-refractivity contribution in [3.63, 3.8) is 0 Å². The van der Waals surface area contributed by atoms with Crippen LogP contribution in [0.1, 0.15) is 44.2 Å². The molecule has 1 unspecified atom stereocenters. The lowest BCUT2D eigenvalue weighted by molar-refractivity contribution is -0.156. The highest BCUT2D eigenvalue weighted by Gasteiger charge is 2.22. The van der Waals surface area contributed by atoms with Gasteiger partial charge in [-0.05, 0) is 64.3 Å². The minimum absolute atomic E-state index is 0.314. The highest BCUT2D eigenvalue weighted by Crippen LogP contribution is 2.28. The molecule has 2 aromatic carbocycles. The summed E-state index contributed by atoms with van der Waals surface area (Å²) in [6.07, 6.45) is 1.26. The van der Waals surface area contributed by atoms with Crippen molar-refractivity contribution in [3.05, 3.63) is 65.5 Å². The molecule has 1 aromatic heterocycles. The zero-order valence-corrected chi connectivity index (χ0v) is 21.0. The van der Waals surface area contributed by atoms with E-state index in [1.54, 1.807) is 6.92 Å². The second kappa shape index (κ2) is 13.5. The van der Waals surface area contributed by atoms with Crippen molar-refractivity contribution < 1.29 is 28.2 Å². The van der Waals surface area contributed by atoms with Gasteiger partial charge in [0.2, 0.25) is 5.89 Å². The number of oxazole rings is 1. The van der Waals surface area contributed by atoms with Crippen molar-refractivity contribution in [2.75, 3.05) is 26.4 Å². The van der Waals surface area contributed by atoms with Gasteiger partial charge in [0.05, 0.1) is 25.5 Å². The minimum Gasteiger partial charge on any atom is -0.493 e. The van der Waals surface area contributed by atoms with Gasteiger partial charge in [0, 0.05) is 24.7 Å². The average molecular weight is 482 g/mol. The number of carbonyl (C=O) groups excluding carboxylic acids is 1. The smallest absolute Gasteiger partial charge is 0.335 e. The summed E-state index contributed by atoms with van der Waals surface area (Å²) in [5.41, 5.74) is 2.78. The van der Waals surface area contributed by atoms with Crippen molar-refractivity contribution >= 4 is 5.97 Å². The van der Waals surface area contributed by atoms with Gasteiger partial charge in [-0.1, -0.05) is 24.3 Å². The van der Waals surface area contributed by atoms with Crippen LogP contribution in [0, 0.1) is 6.92 Å². The Morgan fingerprint density at radius 3 is 2.51 bits per heavy atom. The van der Waals surface area contributed by atoms with Gasteiger partial charge >= 0.3 is 5.97 Å². The van der Waals surface area contributed by atoms with Crippen LogP contribution in [0.15, 0.2) is 52.9 Å². The van der Waals surface area contributed by atoms with Gasteiger partial charge in [0.15, 0.2) is 6.10 Å². The first-order valence-electron chi connectivity index (χ1n) is 12.2. The van der Waals surface area contributed by atoms with Crippen LogP contribution in [-0.4, -0.2) is 43.5 Å². The maximum absolute atomic E-state index is 12.2. The second-order valence-electron chi connectivity index (χ2n) is 7.94. The average Bonchev–Trinajstić information content (AvgIpc) is 3.24. The van der Waals surface area contributed by atoms with Gasteiger partial charge < -0.3 is 23.4 Å². The maximum atomic E-state index is 12.2. The summed E-state index contributed by atoms with van der Waals surface area (Å²) in [4.78, 5) is 16.9. The summed E-state index contributed by atoms with van der Waals surface area (Å²) in [7, 11) is 0. The van der Waals surface area contributed by atoms with Gasteiger partial charge in [-0.3, -0.25) is 0 Å². The van der Waals surface area contributed by atoms with Crippen LogP contribution in [0.25, 0.3) is 11.5 Å². The Hall–Kier alpha value is -3.32. The van der Waals surface area contributed by atoms with E-state index < -0.39 is 6.10 Å². The van der Waals surface area contributed by atoms with Crippen LogP contribution in [-0.2, 0) is 27.1 Å². The Kier molecular flexibility index (Phi) is 10.2. The zero-order valence-electron chi connectivity index (χ0n) is 21.0. The summed E-state index contributed by atoms with van der Waals surface area (Å²) in [5.74, 6) is 2.50. The summed E-state index contributed by atoms with van der Waals surface area (Å²) < 4.78 is 28.4. The van der Waals surface area contributed by atoms with Gasteiger partial charge in [-0.25, -0.2) is 9.78 Å². The van der Waals surface area contributed by atoms with Crippen LogP contribution in [0.3, 0.4) is 0 Å². The molecule has 35 heavy (non-hydrogen) atoms. The van der Waals surface area contributed by atoms with Crippen molar-refractivity contribution in [3.8, 4) is 23.0 Å². The lowest BCUT2D eigenvalue weighted by Crippen LogP contribution is -2.29. The van der Waals surface area contributed by atoms with Gasteiger partial charge in [0.1, 0.15) is 17.3 Å². The Labute approximate surface area is 207 Å². The normalized spacial score (nSPS) is 11.8. The lowest BCUT2D eigenvalue weighted by Gasteiger charge is -2.18. The summed E-state index contributed by atoms with van der Waals surface area (Å²) in [6, 6.07) is 15.6. The number of hydrogen-bond acceptors (Lipinski definition) is 7. The summed E-state index contributed by atoms with van der Waals surface area (Å²) >= 11 is 0. The molecule has 0 aliphatic carbocycles. The molecule has 0 radical (unpaired) electrons. The standard InChI is InChI=1S/C28H35NO6/c1-5-31-25-19-23(16-15-22(25)18-26(32-6-2)28(30)33-7-3)34-17-11-14-24-20(4)35-27(29-24)21-12-9-8-10-13-21/h8-10,12-13,15-16,19,26H,5-7,11,14,17-18H2,1-4H3. The summed E-state index contributed by atoms with van der Waals surface area (Å²) in [5, 5.41) is 0. The third-order valence-corrected chi connectivity index (χ3v) is 5.40. The van der Waals surface area contributed by atoms with Gasteiger partial charge in [-0.15, -0.1) is 0 Å². The molecule has 3 aromatic rings. The van der Waals surface area contributed by atoms with E-state index in [2.05, 4.69) is 4.98 Å². The molecule has 0 fully saturated rings. The van der Waals surface area contributed by atoms with Crippen molar-refractivity contribution in [2.24, 2.45) is 0 Å². The fraction of sp³-hybridized carbons (Fsp3) is 0.429. The van der Waals surface area contributed by atoms with Crippen LogP contribution in [0.4, 0.5) is 0 Å². The number of ether oxygens (including phenoxy) is 4. The molecule has 188 valence electrons. The van der Waals surface area contributed by atoms with E-state index in [-0.39, 0.29) is 5.97 Å². The third kappa shape index (κ3) is 7.59. The van der Waals surface area contributed by atoms with E-state index in [1.807, 2.05) is 69.3 Å².